The van der Waals surface area contributed by atoms with Crippen molar-refractivity contribution in [1.29, 1.82) is 0 Å². The molecule has 1 heterocycles. The number of halogens is 2. The van der Waals surface area contributed by atoms with Crippen LogP contribution in [0.1, 0.15) is 11.3 Å². The van der Waals surface area contributed by atoms with Gasteiger partial charge >= 0.3 is 6.03 Å². The summed E-state index contributed by atoms with van der Waals surface area (Å²) in [6.07, 6.45) is 1.55. The van der Waals surface area contributed by atoms with Crippen molar-refractivity contribution in [3.8, 4) is 0 Å². The lowest BCUT2D eigenvalue weighted by Gasteiger charge is -2.10. The molecule has 0 fully saturated rings. The van der Waals surface area contributed by atoms with E-state index in [0.717, 1.165) is 5.69 Å². The number of hydrogen-bond acceptors (Lipinski definition) is 2. The Hall–Kier alpha value is -1.70. The Labute approximate surface area is 129 Å². The first-order chi connectivity index (χ1) is 9.60. The van der Waals surface area contributed by atoms with Gasteiger partial charge in [-0.3, -0.25) is 4.98 Å². The Morgan fingerprint density at radius 2 is 2.10 bits per heavy atom. The summed E-state index contributed by atoms with van der Waals surface area (Å²) in [6.45, 7) is 1.86. The van der Waals surface area contributed by atoms with Gasteiger partial charge in [-0.25, -0.2) is 9.18 Å². The van der Waals surface area contributed by atoms with Crippen molar-refractivity contribution in [3.63, 3.8) is 0 Å². The van der Waals surface area contributed by atoms with E-state index in [9.17, 15) is 9.18 Å². The SMILES string of the molecule is Cc1ccc(NC(=O)Nc2cccc(CI)c2F)cn1. The van der Waals surface area contributed by atoms with Gasteiger partial charge < -0.3 is 10.6 Å². The van der Waals surface area contributed by atoms with E-state index >= 15 is 0 Å². The minimum atomic E-state index is -0.500. The van der Waals surface area contributed by atoms with Gasteiger partial charge in [0.1, 0.15) is 0 Å². The second-order valence-corrected chi connectivity index (χ2v) is 4.94. The number of amides is 2. The van der Waals surface area contributed by atoms with Crippen LogP contribution in [0.4, 0.5) is 20.6 Å². The van der Waals surface area contributed by atoms with Gasteiger partial charge in [0.05, 0.1) is 17.6 Å². The fraction of sp³-hybridized carbons (Fsp3) is 0.143. The van der Waals surface area contributed by atoms with Crippen LogP contribution in [0.3, 0.4) is 0 Å². The molecular weight excluding hydrogens is 372 g/mol. The lowest BCUT2D eigenvalue weighted by molar-refractivity contribution is 0.262. The minimum Gasteiger partial charge on any atom is -0.306 e. The van der Waals surface area contributed by atoms with E-state index in [1.807, 2.05) is 6.92 Å². The highest BCUT2D eigenvalue weighted by atomic mass is 127. The second-order valence-electron chi connectivity index (χ2n) is 4.18. The fourth-order valence-corrected chi connectivity index (χ4v) is 2.20. The van der Waals surface area contributed by atoms with Gasteiger partial charge in [0.15, 0.2) is 5.82 Å². The number of rotatable bonds is 3. The number of nitrogens with zero attached hydrogens (tertiary/aromatic N) is 1. The van der Waals surface area contributed by atoms with Gasteiger partial charge in [-0.15, -0.1) is 0 Å². The molecule has 6 heteroatoms. The van der Waals surface area contributed by atoms with Crippen LogP contribution in [0, 0.1) is 12.7 Å². The molecule has 0 aliphatic rings. The van der Waals surface area contributed by atoms with Gasteiger partial charge in [0.25, 0.3) is 0 Å². The quantitative estimate of drug-likeness (QED) is 0.617. The van der Waals surface area contributed by atoms with E-state index < -0.39 is 11.8 Å². The largest absolute Gasteiger partial charge is 0.323 e. The van der Waals surface area contributed by atoms with Crippen molar-refractivity contribution in [2.45, 2.75) is 11.4 Å². The predicted molar refractivity (Wildman–Crippen MR) is 85.7 cm³/mol. The molecule has 1 aromatic carbocycles. The summed E-state index contributed by atoms with van der Waals surface area (Å²) in [4.78, 5) is 15.9. The third-order valence-corrected chi connectivity index (χ3v) is 3.46. The molecule has 0 bridgehead atoms. The molecule has 0 spiro atoms. The zero-order chi connectivity index (χ0) is 14.5. The molecule has 4 nitrogen and oxygen atoms in total. The number of urea groups is 1. The van der Waals surface area contributed by atoms with Crippen LogP contribution in [0.15, 0.2) is 36.5 Å². The van der Waals surface area contributed by atoms with E-state index in [-0.39, 0.29) is 5.69 Å². The minimum absolute atomic E-state index is 0.164. The molecule has 0 saturated carbocycles. The smallest absolute Gasteiger partial charge is 0.306 e. The Morgan fingerprint density at radius 3 is 2.75 bits per heavy atom. The number of alkyl halides is 1. The number of benzene rings is 1. The molecule has 0 aliphatic heterocycles. The highest BCUT2D eigenvalue weighted by molar-refractivity contribution is 14.1. The summed E-state index contributed by atoms with van der Waals surface area (Å²) >= 11 is 2.07. The number of carbonyl (C=O) groups excluding carboxylic acids is 1. The standard InChI is InChI=1S/C14H13FIN3O/c1-9-5-6-11(8-17-9)18-14(20)19-12-4-2-3-10(7-16)13(12)15/h2-6,8H,7H2,1H3,(H2,18,19,20). The number of pyridine rings is 1. The zero-order valence-electron chi connectivity index (χ0n) is 10.8. The normalized spacial score (nSPS) is 10.2. The van der Waals surface area contributed by atoms with E-state index in [4.69, 9.17) is 0 Å². The van der Waals surface area contributed by atoms with Crippen LogP contribution in [0.5, 0.6) is 0 Å². The highest BCUT2D eigenvalue weighted by Crippen LogP contribution is 2.20. The first kappa shape index (κ1) is 14.7. The van der Waals surface area contributed by atoms with Gasteiger partial charge in [-0.1, -0.05) is 34.7 Å². The van der Waals surface area contributed by atoms with Gasteiger partial charge in [0, 0.05) is 10.1 Å². The van der Waals surface area contributed by atoms with Crippen LogP contribution in [-0.2, 0) is 4.43 Å². The number of carbonyl (C=O) groups is 1. The molecule has 0 radical (unpaired) electrons. The molecule has 0 unspecified atom stereocenters. The summed E-state index contributed by atoms with van der Waals surface area (Å²) < 4.78 is 14.5. The summed E-state index contributed by atoms with van der Waals surface area (Å²) in [5.41, 5.74) is 2.13. The van der Waals surface area contributed by atoms with Gasteiger partial charge in [0.2, 0.25) is 0 Å². The average Bonchev–Trinajstić information content (AvgIpc) is 2.44. The first-order valence-corrected chi connectivity index (χ1v) is 7.46. The number of nitrogens with one attached hydrogen (secondary N) is 2. The van der Waals surface area contributed by atoms with Crippen LogP contribution in [0.25, 0.3) is 0 Å². The fourth-order valence-electron chi connectivity index (χ4n) is 1.61. The van der Waals surface area contributed by atoms with Crippen molar-refractivity contribution in [3.05, 3.63) is 53.6 Å². The molecule has 104 valence electrons. The van der Waals surface area contributed by atoms with E-state index in [2.05, 4.69) is 38.2 Å². The van der Waals surface area contributed by atoms with Crippen molar-refractivity contribution in [1.82, 2.24) is 4.98 Å². The highest BCUT2D eigenvalue weighted by Gasteiger charge is 2.10. The molecule has 2 amide bonds. The molecule has 0 aliphatic carbocycles. The monoisotopic (exact) mass is 385 g/mol. The summed E-state index contributed by atoms with van der Waals surface area (Å²) in [5, 5.41) is 5.09. The maximum Gasteiger partial charge on any atom is 0.323 e. The van der Waals surface area contributed by atoms with Gasteiger partial charge in [-0.2, -0.15) is 0 Å². The van der Waals surface area contributed by atoms with Crippen molar-refractivity contribution >= 4 is 40.0 Å². The van der Waals surface area contributed by atoms with E-state index in [0.29, 0.717) is 15.7 Å². The Kier molecular flexibility index (Phi) is 4.89. The Bertz CT molecular complexity index is 616. The predicted octanol–water partition coefficient (Wildman–Crippen LogP) is 4.11. The molecular formula is C14H13FIN3O. The topological polar surface area (TPSA) is 54.0 Å². The summed E-state index contributed by atoms with van der Waals surface area (Å²) in [6, 6.07) is 7.94. The lowest BCUT2D eigenvalue weighted by Crippen LogP contribution is -2.20. The Morgan fingerprint density at radius 1 is 1.30 bits per heavy atom. The number of anilines is 2. The molecule has 2 rings (SSSR count). The van der Waals surface area contributed by atoms with Crippen LogP contribution in [-0.4, -0.2) is 11.0 Å². The number of aromatic nitrogens is 1. The Balaban J connectivity index is 2.06. The van der Waals surface area contributed by atoms with Crippen molar-refractivity contribution in [2.75, 3.05) is 10.6 Å². The van der Waals surface area contributed by atoms with Gasteiger partial charge in [-0.05, 0) is 30.7 Å². The molecule has 0 saturated heterocycles. The number of aryl methyl sites for hydroxylation is 1. The van der Waals surface area contributed by atoms with Crippen molar-refractivity contribution < 1.29 is 9.18 Å². The summed E-state index contributed by atoms with van der Waals surface area (Å²) in [5.74, 6) is -0.404. The van der Waals surface area contributed by atoms with E-state index in [1.54, 1.807) is 30.5 Å². The van der Waals surface area contributed by atoms with E-state index in [1.165, 1.54) is 6.07 Å². The maximum absolute atomic E-state index is 14.0. The maximum atomic E-state index is 14.0. The summed E-state index contributed by atoms with van der Waals surface area (Å²) in [7, 11) is 0. The average molecular weight is 385 g/mol. The molecule has 20 heavy (non-hydrogen) atoms. The molecule has 0 atom stereocenters. The zero-order valence-corrected chi connectivity index (χ0v) is 12.9. The van der Waals surface area contributed by atoms with Crippen molar-refractivity contribution in [2.24, 2.45) is 0 Å². The second kappa shape index (κ2) is 6.65. The third kappa shape index (κ3) is 3.66. The van der Waals surface area contributed by atoms with Crippen LogP contribution in [0.2, 0.25) is 0 Å². The molecule has 1 aromatic heterocycles. The molecule has 2 aromatic rings. The van der Waals surface area contributed by atoms with Crippen LogP contribution < -0.4 is 10.6 Å². The van der Waals surface area contributed by atoms with Crippen LogP contribution >= 0.6 is 22.6 Å². The lowest BCUT2D eigenvalue weighted by atomic mass is 10.2. The number of hydrogen-bond donors (Lipinski definition) is 2. The molecule has 2 N–H and O–H groups in total. The third-order valence-electron chi connectivity index (χ3n) is 2.64. The first-order valence-electron chi connectivity index (χ1n) is 5.94.